The van der Waals surface area contributed by atoms with Crippen molar-refractivity contribution in [2.45, 2.75) is 43.0 Å². The number of hydrogen-bond acceptors (Lipinski definition) is 2. The molecule has 1 aliphatic carbocycles. The molecule has 2 unspecified atom stereocenters. The van der Waals surface area contributed by atoms with E-state index in [2.05, 4.69) is 0 Å². The first-order valence-electron chi connectivity index (χ1n) is 6.76. The van der Waals surface area contributed by atoms with Gasteiger partial charge in [0.05, 0.1) is 4.90 Å². The third kappa shape index (κ3) is 1.97. The third-order valence-electron chi connectivity index (χ3n) is 4.31. The summed E-state index contributed by atoms with van der Waals surface area (Å²) in [6.07, 6.45) is 5.71. The summed E-state index contributed by atoms with van der Waals surface area (Å²) in [5, 5.41) is 0. The monoisotopic (exact) mass is 265 g/mol. The van der Waals surface area contributed by atoms with Crippen LogP contribution in [0.25, 0.3) is 0 Å². The lowest BCUT2D eigenvalue weighted by atomic mass is 9.86. The summed E-state index contributed by atoms with van der Waals surface area (Å²) in [4.78, 5) is 0.441. The Morgan fingerprint density at radius 2 is 1.72 bits per heavy atom. The second-order valence-corrected chi connectivity index (χ2v) is 7.22. The molecule has 1 aromatic carbocycles. The minimum atomic E-state index is -3.28. The van der Waals surface area contributed by atoms with Crippen molar-refractivity contribution < 1.29 is 8.42 Å². The zero-order valence-electron chi connectivity index (χ0n) is 10.5. The Morgan fingerprint density at radius 3 is 2.50 bits per heavy atom. The maximum atomic E-state index is 12.6. The van der Waals surface area contributed by atoms with Crippen LogP contribution in [0.1, 0.15) is 32.1 Å². The van der Waals surface area contributed by atoms with Crippen molar-refractivity contribution in [3.05, 3.63) is 30.3 Å². The van der Waals surface area contributed by atoms with Gasteiger partial charge in [-0.05, 0) is 37.3 Å². The zero-order valence-corrected chi connectivity index (χ0v) is 11.3. The summed E-state index contributed by atoms with van der Waals surface area (Å²) in [6, 6.07) is 9.09. The van der Waals surface area contributed by atoms with Gasteiger partial charge in [-0.1, -0.05) is 31.0 Å². The molecule has 1 saturated heterocycles. The summed E-state index contributed by atoms with van der Waals surface area (Å²) < 4.78 is 27.0. The minimum Gasteiger partial charge on any atom is -0.207 e. The Labute approximate surface area is 109 Å². The lowest BCUT2D eigenvalue weighted by Crippen LogP contribution is -2.39. The average Bonchev–Trinajstić information content (AvgIpc) is 2.84. The van der Waals surface area contributed by atoms with Gasteiger partial charge in [-0.15, -0.1) is 0 Å². The Morgan fingerprint density at radius 1 is 1.00 bits per heavy atom. The van der Waals surface area contributed by atoms with Crippen LogP contribution in [-0.2, 0) is 10.0 Å². The summed E-state index contributed by atoms with van der Waals surface area (Å²) in [5.74, 6) is 0.595. The molecule has 0 N–H and O–H groups in total. The van der Waals surface area contributed by atoms with Crippen LogP contribution in [-0.4, -0.2) is 25.3 Å². The van der Waals surface area contributed by atoms with Crippen LogP contribution in [0.5, 0.6) is 0 Å². The second kappa shape index (κ2) is 4.67. The quantitative estimate of drug-likeness (QED) is 0.824. The van der Waals surface area contributed by atoms with Gasteiger partial charge in [0, 0.05) is 12.6 Å². The molecule has 0 amide bonds. The van der Waals surface area contributed by atoms with Crippen LogP contribution in [0.4, 0.5) is 0 Å². The van der Waals surface area contributed by atoms with Gasteiger partial charge >= 0.3 is 0 Å². The van der Waals surface area contributed by atoms with Crippen molar-refractivity contribution in [3.63, 3.8) is 0 Å². The lowest BCUT2D eigenvalue weighted by Gasteiger charge is -2.31. The minimum absolute atomic E-state index is 0.254. The van der Waals surface area contributed by atoms with E-state index in [9.17, 15) is 8.42 Å². The topological polar surface area (TPSA) is 37.4 Å². The van der Waals surface area contributed by atoms with Gasteiger partial charge in [-0.2, -0.15) is 4.31 Å². The molecule has 0 bridgehead atoms. The summed E-state index contributed by atoms with van der Waals surface area (Å²) in [6.45, 7) is 0.701. The molecule has 0 aromatic heterocycles. The van der Waals surface area contributed by atoms with Gasteiger partial charge in [0.25, 0.3) is 0 Å². The number of fused-ring (bicyclic) bond motifs is 1. The molecule has 98 valence electrons. The molecule has 1 saturated carbocycles. The van der Waals surface area contributed by atoms with E-state index >= 15 is 0 Å². The number of hydrogen-bond donors (Lipinski definition) is 0. The van der Waals surface area contributed by atoms with Gasteiger partial charge in [0.1, 0.15) is 0 Å². The van der Waals surface area contributed by atoms with Gasteiger partial charge in [0.2, 0.25) is 10.0 Å². The molecule has 2 aliphatic rings. The Balaban J connectivity index is 1.91. The number of rotatable bonds is 2. The van der Waals surface area contributed by atoms with Crippen molar-refractivity contribution in [1.82, 2.24) is 4.31 Å². The molecule has 1 heterocycles. The van der Waals surface area contributed by atoms with Crippen molar-refractivity contribution in [1.29, 1.82) is 0 Å². The van der Waals surface area contributed by atoms with Crippen LogP contribution in [0.3, 0.4) is 0 Å². The van der Waals surface area contributed by atoms with E-state index in [0.717, 1.165) is 12.8 Å². The molecule has 0 spiro atoms. The molecule has 0 radical (unpaired) electrons. The van der Waals surface area contributed by atoms with Crippen LogP contribution < -0.4 is 0 Å². The molecule has 3 rings (SSSR count). The van der Waals surface area contributed by atoms with Gasteiger partial charge < -0.3 is 0 Å². The maximum absolute atomic E-state index is 12.6. The van der Waals surface area contributed by atoms with Gasteiger partial charge in [-0.25, -0.2) is 8.42 Å². The van der Waals surface area contributed by atoms with Gasteiger partial charge in [0.15, 0.2) is 0 Å². The summed E-state index contributed by atoms with van der Waals surface area (Å²) in [5.41, 5.74) is 0. The predicted molar refractivity (Wildman–Crippen MR) is 70.7 cm³/mol. The fourth-order valence-corrected chi connectivity index (χ4v) is 5.14. The molecule has 2 fully saturated rings. The Kier molecular flexibility index (Phi) is 3.16. The highest BCUT2D eigenvalue weighted by Crippen LogP contribution is 2.38. The molecule has 3 nitrogen and oxygen atoms in total. The fourth-order valence-electron chi connectivity index (χ4n) is 3.39. The highest BCUT2D eigenvalue weighted by Gasteiger charge is 2.42. The largest absolute Gasteiger partial charge is 0.243 e. The normalized spacial score (nSPS) is 29.1. The van der Waals surface area contributed by atoms with Crippen LogP contribution in [0.15, 0.2) is 35.2 Å². The second-order valence-electron chi connectivity index (χ2n) is 5.33. The van der Waals surface area contributed by atoms with E-state index in [1.165, 1.54) is 19.3 Å². The molecule has 2 atom stereocenters. The predicted octanol–water partition coefficient (Wildman–Crippen LogP) is 2.64. The van der Waals surface area contributed by atoms with Crippen LogP contribution in [0, 0.1) is 5.92 Å². The van der Waals surface area contributed by atoms with Crippen molar-refractivity contribution >= 4 is 10.0 Å². The van der Waals surface area contributed by atoms with E-state index in [4.69, 9.17) is 0 Å². The van der Waals surface area contributed by atoms with E-state index in [1.54, 1.807) is 28.6 Å². The van der Waals surface area contributed by atoms with Crippen LogP contribution in [0.2, 0.25) is 0 Å². The Hall–Kier alpha value is -0.870. The first-order chi connectivity index (χ1) is 8.69. The number of sulfonamides is 1. The molecule has 18 heavy (non-hydrogen) atoms. The van der Waals surface area contributed by atoms with Crippen molar-refractivity contribution in [2.75, 3.05) is 6.54 Å². The van der Waals surface area contributed by atoms with Crippen molar-refractivity contribution in [2.24, 2.45) is 5.92 Å². The third-order valence-corrected chi connectivity index (χ3v) is 6.25. The highest BCUT2D eigenvalue weighted by molar-refractivity contribution is 7.89. The SMILES string of the molecule is O=S(=O)(c1ccccc1)N1CCC2CCCCC21. The zero-order chi connectivity index (χ0) is 12.6. The first-order valence-corrected chi connectivity index (χ1v) is 8.20. The van der Waals surface area contributed by atoms with E-state index in [1.807, 2.05) is 6.07 Å². The fraction of sp³-hybridized carbons (Fsp3) is 0.571. The molecule has 1 aliphatic heterocycles. The number of benzene rings is 1. The van der Waals surface area contributed by atoms with E-state index in [-0.39, 0.29) is 6.04 Å². The first kappa shape index (κ1) is 12.2. The molecule has 1 aromatic rings. The smallest absolute Gasteiger partial charge is 0.207 e. The summed E-state index contributed by atoms with van der Waals surface area (Å²) >= 11 is 0. The van der Waals surface area contributed by atoms with E-state index < -0.39 is 10.0 Å². The molecular weight excluding hydrogens is 246 g/mol. The molecular formula is C14H19NO2S. The average molecular weight is 265 g/mol. The van der Waals surface area contributed by atoms with Crippen molar-refractivity contribution in [3.8, 4) is 0 Å². The maximum Gasteiger partial charge on any atom is 0.243 e. The molecule has 4 heteroatoms. The van der Waals surface area contributed by atoms with Crippen LogP contribution >= 0.6 is 0 Å². The van der Waals surface area contributed by atoms with Gasteiger partial charge in [-0.3, -0.25) is 0 Å². The Bertz CT molecular complexity index is 512. The number of nitrogens with zero attached hydrogens (tertiary/aromatic N) is 1. The lowest BCUT2D eigenvalue weighted by molar-refractivity contribution is 0.260. The standard InChI is InChI=1S/C14H19NO2S/c16-18(17,13-7-2-1-3-8-13)15-11-10-12-6-4-5-9-14(12)15/h1-3,7-8,12,14H,4-6,9-11H2. The van der Waals surface area contributed by atoms with E-state index in [0.29, 0.717) is 17.4 Å². The summed E-state index contributed by atoms with van der Waals surface area (Å²) in [7, 11) is -3.28. The highest BCUT2D eigenvalue weighted by atomic mass is 32.2.